The van der Waals surface area contributed by atoms with Crippen molar-refractivity contribution in [2.24, 2.45) is 5.92 Å². The first kappa shape index (κ1) is 18.1. The number of rotatable bonds is 3. The molecule has 1 spiro atoms. The normalized spacial score (nSPS) is 35.3. The lowest BCUT2D eigenvalue weighted by atomic mass is 9.49. The van der Waals surface area contributed by atoms with Crippen molar-refractivity contribution in [3.8, 4) is 17.2 Å². The van der Waals surface area contributed by atoms with Gasteiger partial charge in [0, 0.05) is 18.2 Å². The van der Waals surface area contributed by atoms with E-state index in [1.807, 2.05) is 18.2 Å². The molecule has 5 nitrogen and oxygen atoms in total. The molecule has 3 N–H and O–H groups in total. The summed E-state index contributed by atoms with van der Waals surface area (Å²) in [6, 6.07) is 11.1. The molecule has 7 rings (SSSR count). The summed E-state index contributed by atoms with van der Waals surface area (Å²) in [6.45, 7) is 2.02. The van der Waals surface area contributed by atoms with Crippen LogP contribution in [0.4, 0.5) is 0 Å². The van der Waals surface area contributed by atoms with Gasteiger partial charge in [0.15, 0.2) is 11.5 Å². The Morgan fingerprint density at radius 3 is 2.65 bits per heavy atom. The van der Waals surface area contributed by atoms with Gasteiger partial charge in [-0.1, -0.05) is 24.3 Å². The van der Waals surface area contributed by atoms with Crippen LogP contribution >= 0.6 is 0 Å². The Morgan fingerprint density at radius 1 is 1.06 bits per heavy atom. The predicted octanol–water partition coefficient (Wildman–Crippen LogP) is 3.36. The molecule has 2 aromatic rings. The fraction of sp³-hybridized carbons (Fsp3) is 0.462. The Balaban J connectivity index is 1.43. The third-order valence-electron chi connectivity index (χ3n) is 8.63. The maximum atomic E-state index is 12.4. The summed E-state index contributed by atoms with van der Waals surface area (Å²) in [7, 11) is 0. The van der Waals surface area contributed by atoms with Gasteiger partial charge >= 0.3 is 0 Å². The Hall–Kier alpha value is -2.50. The van der Waals surface area contributed by atoms with Crippen LogP contribution in [0.15, 0.2) is 42.5 Å². The third kappa shape index (κ3) is 2.18. The van der Waals surface area contributed by atoms with Crippen LogP contribution in [0.2, 0.25) is 0 Å². The van der Waals surface area contributed by atoms with Gasteiger partial charge < -0.3 is 20.1 Å². The molecule has 1 saturated carbocycles. The number of ether oxygens (including phenoxy) is 1. The number of aromatic hydroxyl groups is 2. The maximum Gasteiger partial charge on any atom is 0.166 e. The highest BCUT2D eigenvalue weighted by atomic mass is 16.5. The topological polar surface area (TPSA) is 73.2 Å². The predicted molar refractivity (Wildman–Crippen MR) is 116 cm³/mol. The molecular weight excluding hydrogens is 390 g/mol. The zero-order valence-corrected chi connectivity index (χ0v) is 17.4. The first-order valence-corrected chi connectivity index (χ1v) is 11.5. The lowest BCUT2D eigenvalue weighted by molar-refractivity contribution is -0.159. The fourth-order valence-corrected chi connectivity index (χ4v) is 7.03. The first-order chi connectivity index (χ1) is 15.0. The molecule has 5 heteroatoms. The number of phenolic OH excluding ortho intramolecular Hbond substituents is 2. The van der Waals surface area contributed by atoms with Gasteiger partial charge in [0.1, 0.15) is 11.9 Å². The molecule has 0 radical (unpaired) electrons. The number of hydrogen-bond donors (Lipinski definition) is 3. The van der Waals surface area contributed by atoms with Gasteiger partial charge in [0.05, 0.1) is 11.0 Å². The summed E-state index contributed by atoms with van der Waals surface area (Å²) >= 11 is 0. The lowest BCUT2D eigenvalue weighted by Gasteiger charge is -2.62. The largest absolute Gasteiger partial charge is 0.508 e. The van der Waals surface area contributed by atoms with E-state index in [9.17, 15) is 15.3 Å². The van der Waals surface area contributed by atoms with Crippen LogP contribution in [-0.2, 0) is 11.8 Å². The molecule has 2 fully saturated rings. The van der Waals surface area contributed by atoms with Crippen molar-refractivity contribution in [3.05, 3.63) is 59.2 Å². The Kier molecular flexibility index (Phi) is 3.41. The molecule has 3 aliphatic carbocycles. The van der Waals surface area contributed by atoms with Crippen LogP contribution in [0, 0.1) is 5.92 Å². The highest BCUT2D eigenvalue weighted by Gasteiger charge is 2.71. The molecule has 2 aromatic carbocycles. The lowest BCUT2D eigenvalue weighted by Crippen LogP contribution is -2.74. The van der Waals surface area contributed by atoms with E-state index in [1.54, 1.807) is 18.2 Å². The van der Waals surface area contributed by atoms with E-state index in [0.29, 0.717) is 12.2 Å². The van der Waals surface area contributed by atoms with Crippen LogP contribution in [0.5, 0.6) is 17.2 Å². The van der Waals surface area contributed by atoms with E-state index < -0.39 is 11.0 Å². The fourth-order valence-electron chi connectivity index (χ4n) is 7.03. The minimum absolute atomic E-state index is 0.0635. The third-order valence-corrected chi connectivity index (χ3v) is 8.63. The SMILES string of the molecule is Oc1ccc(C2=CC[C@@]3(O)[C@H]4Cc5ccc(O)c6c5[C@@]3(CCN4CC3CC3)[C@H]2O6)cc1. The van der Waals surface area contributed by atoms with Gasteiger partial charge in [-0.3, -0.25) is 4.90 Å². The first-order valence-electron chi connectivity index (χ1n) is 11.5. The number of likely N-dealkylation sites (tertiary alicyclic amines) is 1. The number of phenols is 2. The van der Waals surface area contributed by atoms with Crippen molar-refractivity contribution in [1.82, 2.24) is 4.90 Å². The van der Waals surface area contributed by atoms with Crippen molar-refractivity contribution in [2.45, 2.75) is 55.3 Å². The van der Waals surface area contributed by atoms with E-state index in [4.69, 9.17) is 4.74 Å². The molecule has 31 heavy (non-hydrogen) atoms. The second-order valence-electron chi connectivity index (χ2n) is 10.2. The van der Waals surface area contributed by atoms with E-state index >= 15 is 0 Å². The van der Waals surface area contributed by atoms with Crippen LogP contribution in [0.25, 0.3) is 5.57 Å². The summed E-state index contributed by atoms with van der Waals surface area (Å²) in [5, 5.41) is 32.9. The second-order valence-corrected chi connectivity index (χ2v) is 10.2. The number of piperidine rings is 1. The average molecular weight is 418 g/mol. The molecule has 0 unspecified atom stereocenters. The summed E-state index contributed by atoms with van der Waals surface area (Å²) in [5.41, 5.74) is 2.81. The van der Waals surface area contributed by atoms with E-state index in [0.717, 1.165) is 48.5 Å². The molecule has 160 valence electrons. The quantitative estimate of drug-likeness (QED) is 0.714. The van der Waals surface area contributed by atoms with Gasteiger partial charge in [0.2, 0.25) is 0 Å². The zero-order valence-electron chi connectivity index (χ0n) is 17.4. The van der Waals surface area contributed by atoms with E-state index in [-0.39, 0.29) is 23.6 Å². The highest BCUT2D eigenvalue weighted by molar-refractivity contribution is 5.78. The summed E-state index contributed by atoms with van der Waals surface area (Å²) < 4.78 is 6.54. The van der Waals surface area contributed by atoms with Gasteiger partial charge in [-0.25, -0.2) is 0 Å². The number of hydrogen-bond acceptors (Lipinski definition) is 5. The van der Waals surface area contributed by atoms with Crippen molar-refractivity contribution in [1.29, 1.82) is 0 Å². The van der Waals surface area contributed by atoms with Crippen molar-refractivity contribution in [3.63, 3.8) is 0 Å². The monoisotopic (exact) mass is 417 g/mol. The molecule has 0 aromatic heterocycles. The smallest absolute Gasteiger partial charge is 0.166 e. The van der Waals surface area contributed by atoms with Gasteiger partial charge in [-0.2, -0.15) is 0 Å². The zero-order chi connectivity index (χ0) is 21.0. The average Bonchev–Trinajstić information content (AvgIpc) is 3.50. The summed E-state index contributed by atoms with van der Waals surface area (Å²) in [5.74, 6) is 1.73. The van der Waals surface area contributed by atoms with E-state index in [2.05, 4.69) is 11.0 Å². The Labute approximate surface area is 181 Å². The molecule has 0 amide bonds. The number of aliphatic hydroxyl groups is 1. The summed E-state index contributed by atoms with van der Waals surface area (Å²) in [4.78, 5) is 2.53. The molecule has 4 atom stereocenters. The number of nitrogens with zero attached hydrogens (tertiary/aromatic N) is 1. The Morgan fingerprint density at radius 2 is 1.87 bits per heavy atom. The van der Waals surface area contributed by atoms with Gasteiger partial charge in [-0.15, -0.1) is 0 Å². The van der Waals surface area contributed by atoms with Crippen LogP contribution in [-0.4, -0.2) is 51.1 Å². The second kappa shape index (κ2) is 5.84. The number of benzene rings is 2. The molecule has 2 heterocycles. The summed E-state index contributed by atoms with van der Waals surface area (Å²) in [6.07, 6.45) is 6.59. The van der Waals surface area contributed by atoms with Crippen LogP contribution in [0.3, 0.4) is 0 Å². The molecule has 1 saturated heterocycles. The van der Waals surface area contributed by atoms with E-state index in [1.165, 1.54) is 18.4 Å². The Bertz CT molecular complexity index is 1120. The van der Waals surface area contributed by atoms with Crippen LogP contribution < -0.4 is 4.74 Å². The van der Waals surface area contributed by atoms with Gasteiger partial charge in [-0.05, 0) is 79.5 Å². The van der Waals surface area contributed by atoms with Crippen LogP contribution in [0.1, 0.15) is 42.4 Å². The highest BCUT2D eigenvalue weighted by Crippen LogP contribution is 2.66. The van der Waals surface area contributed by atoms with Crippen molar-refractivity contribution >= 4 is 5.57 Å². The molecule has 2 bridgehead atoms. The molecule has 2 aliphatic heterocycles. The standard InChI is InChI=1S/C26H27NO4/c28-18-6-3-16(4-7-18)19-9-10-26(30)21-13-17-5-8-20(29)23-22(17)25(26,24(19)31-23)11-12-27(21)14-15-1-2-15/h3-9,15,21,24,28-30H,1-2,10-14H2/t21-,24+,25+,26-/m1/s1. The molecular formula is C26H27NO4. The van der Waals surface area contributed by atoms with Crippen molar-refractivity contribution < 1.29 is 20.1 Å². The van der Waals surface area contributed by atoms with Gasteiger partial charge in [0.25, 0.3) is 0 Å². The molecule has 5 aliphatic rings. The maximum absolute atomic E-state index is 12.4. The minimum Gasteiger partial charge on any atom is -0.508 e. The van der Waals surface area contributed by atoms with Crippen molar-refractivity contribution in [2.75, 3.05) is 13.1 Å². The minimum atomic E-state index is -0.919.